The second-order valence-corrected chi connectivity index (χ2v) is 5.48. The molecule has 2 N–H and O–H groups in total. The van der Waals surface area contributed by atoms with Crippen LogP contribution in [0.4, 0.5) is 4.79 Å². The SMILES string of the molecule is CCCCOC(=O)NCCNCCC(C)(C)C. The molecule has 0 aromatic heterocycles. The number of amides is 1. The summed E-state index contributed by atoms with van der Waals surface area (Å²) >= 11 is 0. The van der Waals surface area contributed by atoms with Gasteiger partial charge in [0.25, 0.3) is 0 Å². The molecule has 0 saturated heterocycles. The van der Waals surface area contributed by atoms with Gasteiger partial charge in [0.1, 0.15) is 0 Å². The Morgan fingerprint density at radius 3 is 2.47 bits per heavy atom. The van der Waals surface area contributed by atoms with Crippen molar-refractivity contribution in [3.05, 3.63) is 0 Å². The van der Waals surface area contributed by atoms with E-state index in [1.165, 1.54) is 0 Å². The molecule has 0 saturated carbocycles. The lowest BCUT2D eigenvalue weighted by Gasteiger charge is -2.18. The fraction of sp³-hybridized carbons (Fsp3) is 0.923. The van der Waals surface area contributed by atoms with Crippen LogP contribution in [0.1, 0.15) is 47.0 Å². The minimum absolute atomic E-state index is 0.309. The van der Waals surface area contributed by atoms with Crippen LogP contribution < -0.4 is 10.6 Å². The van der Waals surface area contributed by atoms with Gasteiger partial charge in [0, 0.05) is 13.1 Å². The van der Waals surface area contributed by atoms with E-state index in [4.69, 9.17) is 4.74 Å². The number of hydrogen-bond acceptors (Lipinski definition) is 3. The van der Waals surface area contributed by atoms with E-state index >= 15 is 0 Å². The number of rotatable bonds is 8. The molecule has 0 bridgehead atoms. The number of nitrogens with one attached hydrogen (secondary N) is 2. The standard InChI is InChI=1S/C13H28N2O2/c1-5-6-11-17-12(16)15-10-9-14-8-7-13(2,3)4/h14H,5-11H2,1-4H3,(H,15,16). The van der Waals surface area contributed by atoms with Crippen LogP contribution in [0.25, 0.3) is 0 Å². The van der Waals surface area contributed by atoms with Crippen LogP contribution in [0.2, 0.25) is 0 Å². The maximum Gasteiger partial charge on any atom is 0.407 e. The lowest BCUT2D eigenvalue weighted by atomic mass is 9.92. The van der Waals surface area contributed by atoms with Crippen LogP contribution in [0.5, 0.6) is 0 Å². The fourth-order valence-electron chi connectivity index (χ4n) is 1.20. The van der Waals surface area contributed by atoms with Gasteiger partial charge in [0.05, 0.1) is 6.61 Å². The number of carbonyl (C=O) groups excluding carboxylic acids is 1. The molecule has 4 nitrogen and oxygen atoms in total. The molecule has 0 aliphatic carbocycles. The first-order chi connectivity index (χ1) is 7.95. The summed E-state index contributed by atoms with van der Waals surface area (Å²) in [4.78, 5) is 11.1. The predicted octanol–water partition coefficient (Wildman–Crippen LogP) is 2.54. The topological polar surface area (TPSA) is 50.4 Å². The zero-order chi connectivity index (χ0) is 13.1. The lowest BCUT2D eigenvalue weighted by molar-refractivity contribution is 0.144. The zero-order valence-electron chi connectivity index (χ0n) is 11.8. The average molecular weight is 244 g/mol. The summed E-state index contributed by atoms with van der Waals surface area (Å²) in [6.45, 7) is 11.6. The Morgan fingerprint density at radius 2 is 1.88 bits per heavy atom. The number of ether oxygens (including phenoxy) is 1. The molecular formula is C13H28N2O2. The first kappa shape index (κ1) is 16.2. The smallest absolute Gasteiger partial charge is 0.407 e. The molecule has 0 aliphatic heterocycles. The normalized spacial score (nSPS) is 11.3. The van der Waals surface area contributed by atoms with Gasteiger partial charge in [-0.25, -0.2) is 4.79 Å². The van der Waals surface area contributed by atoms with Crippen LogP contribution in [-0.2, 0) is 4.74 Å². The Kier molecular flexibility index (Phi) is 8.86. The highest BCUT2D eigenvalue weighted by atomic mass is 16.5. The number of hydrogen-bond donors (Lipinski definition) is 2. The molecule has 17 heavy (non-hydrogen) atoms. The van der Waals surface area contributed by atoms with Crippen molar-refractivity contribution in [3.8, 4) is 0 Å². The summed E-state index contributed by atoms with van der Waals surface area (Å²) in [6, 6.07) is 0. The van der Waals surface area contributed by atoms with Gasteiger partial charge in [-0.2, -0.15) is 0 Å². The minimum atomic E-state index is -0.309. The number of alkyl carbamates (subject to hydrolysis) is 1. The van der Waals surface area contributed by atoms with Crippen LogP contribution in [0.15, 0.2) is 0 Å². The van der Waals surface area contributed by atoms with E-state index < -0.39 is 0 Å². The van der Waals surface area contributed by atoms with Gasteiger partial charge in [0.2, 0.25) is 0 Å². The molecule has 0 spiro atoms. The predicted molar refractivity (Wildman–Crippen MR) is 71.2 cm³/mol. The van der Waals surface area contributed by atoms with Crippen molar-refractivity contribution < 1.29 is 9.53 Å². The van der Waals surface area contributed by atoms with E-state index in [-0.39, 0.29) is 6.09 Å². The van der Waals surface area contributed by atoms with E-state index in [9.17, 15) is 4.79 Å². The van der Waals surface area contributed by atoms with Gasteiger partial charge in [-0.3, -0.25) is 0 Å². The molecule has 0 fully saturated rings. The van der Waals surface area contributed by atoms with Crippen molar-refractivity contribution in [3.63, 3.8) is 0 Å². The number of carbonyl (C=O) groups is 1. The van der Waals surface area contributed by atoms with Gasteiger partial charge in [0.15, 0.2) is 0 Å². The Bertz CT molecular complexity index is 200. The molecule has 102 valence electrons. The van der Waals surface area contributed by atoms with Crippen LogP contribution >= 0.6 is 0 Å². The Morgan fingerprint density at radius 1 is 1.18 bits per heavy atom. The molecule has 0 rings (SSSR count). The molecular weight excluding hydrogens is 216 g/mol. The van der Waals surface area contributed by atoms with Gasteiger partial charge in [-0.1, -0.05) is 34.1 Å². The lowest BCUT2D eigenvalue weighted by Crippen LogP contribution is -2.33. The third kappa shape index (κ3) is 13.2. The highest BCUT2D eigenvalue weighted by Gasteiger charge is 2.08. The summed E-state index contributed by atoms with van der Waals surface area (Å²) < 4.78 is 4.97. The van der Waals surface area contributed by atoms with Crippen molar-refractivity contribution in [1.29, 1.82) is 0 Å². The van der Waals surface area contributed by atoms with Crippen LogP contribution in [-0.4, -0.2) is 32.3 Å². The maximum absolute atomic E-state index is 11.1. The molecule has 1 amide bonds. The first-order valence-electron chi connectivity index (χ1n) is 6.57. The molecule has 0 unspecified atom stereocenters. The van der Waals surface area contributed by atoms with Crippen LogP contribution in [0.3, 0.4) is 0 Å². The third-order valence-corrected chi connectivity index (χ3v) is 2.35. The fourth-order valence-corrected chi connectivity index (χ4v) is 1.20. The molecule has 4 heteroatoms. The van der Waals surface area contributed by atoms with Gasteiger partial charge in [-0.15, -0.1) is 0 Å². The summed E-state index contributed by atoms with van der Waals surface area (Å²) in [5.74, 6) is 0. The summed E-state index contributed by atoms with van der Waals surface area (Å²) in [5.41, 5.74) is 0.361. The summed E-state index contributed by atoms with van der Waals surface area (Å²) in [7, 11) is 0. The summed E-state index contributed by atoms with van der Waals surface area (Å²) in [6.07, 6.45) is 2.79. The minimum Gasteiger partial charge on any atom is -0.450 e. The highest BCUT2D eigenvalue weighted by Crippen LogP contribution is 2.16. The average Bonchev–Trinajstić information content (AvgIpc) is 2.22. The molecule has 0 heterocycles. The van der Waals surface area contributed by atoms with Gasteiger partial charge >= 0.3 is 6.09 Å². The van der Waals surface area contributed by atoms with Crippen molar-refractivity contribution in [2.24, 2.45) is 5.41 Å². The molecule has 0 aromatic carbocycles. The van der Waals surface area contributed by atoms with Crippen molar-refractivity contribution in [1.82, 2.24) is 10.6 Å². The van der Waals surface area contributed by atoms with E-state index in [1.54, 1.807) is 0 Å². The van der Waals surface area contributed by atoms with Gasteiger partial charge in [-0.05, 0) is 24.8 Å². The van der Waals surface area contributed by atoms with E-state index in [0.717, 1.165) is 32.4 Å². The number of unbranched alkanes of at least 4 members (excludes halogenated alkanes) is 1. The second-order valence-electron chi connectivity index (χ2n) is 5.48. The van der Waals surface area contributed by atoms with Crippen LogP contribution in [0, 0.1) is 5.41 Å². The molecule has 0 aliphatic rings. The van der Waals surface area contributed by atoms with E-state index in [1.807, 2.05) is 0 Å². The van der Waals surface area contributed by atoms with E-state index in [0.29, 0.717) is 18.6 Å². The van der Waals surface area contributed by atoms with Gasteiger partial charge < -0.3 is 15.4 Å². The molecule has 0 radical (unpaired) electrons. The monoisotopic (exact) mass is 244 g/mol. The maximum atomic E-state index is 11.1. The zero-order valence-corrected chi connectivity index (χ0v) is 11.8. The van der Waals surface area contributed by atoms with Crippen molar-refractivity contribution in [2.45, 2.75) is 47.0 Å². The van der Waals surface area contributed by atoms with Crippen molar-refractivity contribution >= 4 is 6.09 Å². The molecule has 0 atom stereocenters. The largest absolute Gasteiger partial charge is 0.450 e. The second kappa shape index (κ2) is 9.28. The third-order valence-electron chi connectivity index (χ3n) is 2.35. The molecule has 0 aromatic rings. The Hall–Kier alpha value is -0.770. The Labute approximate surface area is 105 Å². The van der Waals surface area contributed by atoms with E-state index in [2.05, 4.69) is 38.3 Å². The summed E-state index contributed by atoms with van der Waals surface area (Å²) in [5, 5.41) is 6.01. The highest BCUT2D eigenvalue weighted by molar-refractivity contribution is 5.66. The first-order valence-corrected chi connectivity index (χ1v) is 6.57. The van der Waals surface area contributed by atoms with Crippen molar-refractivity contribution in [2.75, 3.05) is 26.2 Å². The Balaban J connectivity index is 3.25. The quantitative estimate of drug-likeness (QED) is 0.645.